The monoisotopic (exact) mass is 410 g/mol. The van der Waals surface area contributed by atoms with Gasteiger partial charge in [-0.2, -0.15) is 0 Å². The lowest BCUT2D eigenvalue weighted by Gasteiger charge is -2.17. The van der Waals surface area contributed by atoms with Crippen LogP contribution in [0.4, 0.5) is 0 Å². The molecule has 8 nitrogen and oxygen atoms in total. The maximum absolute atomic E-state index is 12.5. The van der Waals surface area contributed by atoms with Crippen LogP contribution in [0, 0.1) is 0 Å². The Morgan fingerprint density at radius 1 is 1.13 bits per heavy atom. The summed E-state index contributed by atoms with van der Waals surface area (Å²) >= 11 is 0. The molecule has 1 amide bonds. The molecule has 1 saturated carbocycles. The van der Waals surface area contributed by atoms with E-state index < -0.39 is 18.7 Å². The van der Waals surface area contributed by atoms with Crippen LogP contribution in [0.2, 0.25) is 0 Å². The van der Waals surface area contributed by atoms with E-state index in [4.69, 9.17) is 19.0 Å². The van der Waals surface area contributed by atoms with Crippen LogP contribution in [0.1, 0.15) is 37.0 Å². The molecule has 1 atom stereocenters. The summed E-state index contributed by atoms with van der Waals surface area (Å²) in [5.41, 5.74) is 1.94. The van der Waals surface area contributed by atoms with E-state index in [0.717, 1.165) is 18.4 Å². The van der Waals surface area contributed by atoms with Crippen molar-refractivity contribution >= 4 is 17.6 Å². The number of carbonyl (C=O) groups excluding carboxylic acids is 2. The normalized spacial score (nSPS) is 16.0. The van der Waals surface area contributed by atoms with Gasteiger partial charge in [-0.15, -0.1) is 0 Å². The zero-order chi connectivity index (χ0) is 20.9. The molecule has 156 valence electrons. The average molecular weight is 410 g/mol. The Morgan fingerprint density at radius 3 is 2.67 bits per heavy atom. The summed E-state index contributed by atoms with van der Waals surface area (Å²) in [5.74, 6) is 0.287. The molecule has 1 fully saturated rings. The third kappa shape index (κ3) is 4.89. The van der Waals surface area contributed by atoms with Crippen molar-refractivity contribution < 1.29 is 28.6 Å². The number of oxime groups is 1. The second-order valence-corrected chi connectivity index (χ2v) is 7.08. The van der Waals surface area contributed by atoms with Gasteiger partial charge in [0.05, 0.1) is 5.71 Å². The number of hydrogen-bond donors (Lipinski definition) is 1. The third-order valence-corrected chi connectivity index (χ3v) is 4.69. The molecule has 0 radical (unpaired) electrons. The minimum atomic E-state index is -1.03. The van der Waals surface area contributed by atoms with E-state index in [-0.39, 0.29) is 18.7 Å². The van der Waals surface area contributed by atoms with Crippen LogP contribution < -0.4 is 14.8 Å². The number of rotatable bonds is 8. The number of benzene rings is 2. The molecule has 0 aromatic heterocycles. The summed E-state index contributed by atoms with van der Waals surface area (Å²) in [6.45, 7) is 1.52. The SMILES string of the molecule is C/C(=N/OCC(=O)O[C@H](C(=O)NC1CC1)c1ccccc1)c1ccc2c(c1)OCO2. The number of fused-ring (bicyclic) bond motifs is 1. The lowest BCUT2D eigenvalue weighted by Crippen LogP contribution is -2.34. The number of amides is 1. The lowest BCUT2D eigenvalue weighted by molar-refractivity contribution is -0.160. The molecular formula is C22H22N2O6. The van der Waals surface area contributed by atoms with E-state index in [0.29, 0.717) is 22.8 Å². The number of hydrogen-bond acceptors (Lipinski definition) is 7. The molecule has 0 spiro atoms. The number of ether oxygens (including phenoxy) is 3. The molecule has 4 rings (SSSR count). The number of nitrogens with one attached hydrogen (secondary N) is 1. The predicted octanol–water partition coefficient (Wildman–Crippen LogP) is 2.72. The summed E-state index contributed by atoms with van der Waals surface area (Å²) in [7, 11) is 0. The van der Waals surface area contributed by atoms with Gasteiger partial charge in [-0.25, -0.2) is 4.79 Å². The zero-order valence-corrected chi connectivity index (χ0v) is 16.5. The fourth-order valence-electron chi connectivity index (χ4n) is 2.93. The first kappa shape index (κ1) is 19.8. The molecule has 0 unspecified atom stereocenters. The Morgan fingerprint density at radius 2 is 1.90 bits per heavy atom. The average Bonchev–Trinajstić information content (AvgIpc) is 3.44. The Labute approximate surface area is 173 Å². The molecule has 1 heterocycles. The smallest absolute Gasteiger partial charge is 0.348 e. The highest BCUT2D eigenvalue weighted by Gasteiger charge is 2.30. The Balaban J connectivity index is 1.35. The van der Waals surface area contributed by atoms with Crippen molar-refractivity contribution in [3.05, 3.63) is 59.7 Å². The molecule has 1 aliphatic heterocycles. The summed E-state index contributed by atoms with van der Waals surface area (Å²) in [6.07, 6.45) is 0.859. The minimum Gasteiger partial charge on any atom is -0.454 e. The van der Waals surface area contributed by atoms with E-state index >= 15 is 0 Å². The van der Waals surface area contributed by atoms with Gasteiger partial charge < -0.3 is 24.4 Å². The van der Waals surface area contributed by atoms with Gasteiger partial charge >= 0.3 is 5.97 Å². The Bertz CT molecular complexity index is 955. The summed E-state index contributed by atoms with van der Waals surface area (Å²) in [5, 5.41) is 6.83. The summed E-state index contributed by atoms with van der Waals surface area (Å²) in [4.78, 5) is 29.9. The van der Waals surface area contributed by atoms with Gasteiger partial charge in [-0.05, 0) is 38.0 Å². The standard InChI is InChI=1S/C22H22N2O6/c1-14(16-7-10-18-19(11-16)28-13-27-18)24-29-12-20(25)30-21(15-5-3-2-4-6-15)22(26)23-17-8-9-17/h2-7,10-11,17,21H,8-9,12-13H2,1H3,(H,23,26)/b24-14-/t21-/m0/s1. The van der Waals surface area contributed by atoms with Crippen molar-refractivity contribution in [2.45, 2.75) is 31.9 Å². The topological polar surface area (TPSA) is 95.5 Å². The highest BCUT2D eigenvalue weighted by Crippen LogP contribution is 2.32. The highest BCUT2D eigenvalue weighted by molar-refractivity contribution is 5.99. The quantitative estimate of drug-likeness (QED) is 0.408. The number of esters is 1. The van der Waals surface area contributed by atoms with Crippen LogP contribution in [0.5, 0.6) is 11.5 Å². The van der Waals surface area contributed by atoms with Gasteiger partial charge in [-0.3, -0.25) is 4.79 Å². The van der Waals surface area contributed by atoms with Crippen molar-refractivity contribution in [3.63, 3.8) is 0 Å². The first-order valence-electron chi connectivity index (χ1n) is 9.71. The van der Waals surface area contributed by atoms with Crippen LogP contribution in [0.3, 0.4) is 0 Å². The van der Waals surface area contributed by atoms with Gasteiger partial charge in [0.1, 0.15) is 0 Å². The fraction of sp³-hybridized carbons (Fsp3) is 0.318. The molecule has 1 N–H and O–H groups in total. The second kappa shape index (κ2) is 8.86. The van der Waals surface area contributed by atoms with Crippen molar-refractivity contribution in [2.24, 2.45) is 5.16 Å². The largest absolute Gasteiger partial charge is 0.454 e. The van der Waals surface area contributed by atoms with E-state index in [1.807, 2.05) is 12.1 Å². The van der Waals surface area contributed by atoms with Crippen LogP contribution in [0.15, 0.2) is 53.7 Å². The summed E-state index contributed by atoms with van der Waals surface area (Å²) < 4.78 is 16.0. The number of carbonyl (C=O) groups is 2. The van der Waals surface area contributed by atoms with E-state index in [9.17, 15) is 9.59 Å². The van der Waals surface area contributed by atoms with Crippen molar-refractivity contribution in [3.8, 4) is 11.5 Å². The highest BCUT2D eigenvalue weighted by atomic mass is 16.7. The van der Waals surface area contributed by atoms with E-state index in [2.05, 4.69) is 10.5 Å². The maximum Gasteiger partial charge on any atom is 0.348 e. The molecule has 0 bridgehead atoms. The molecule has 0 saturated heterocycles. The fourth-order valence-corrected chi connectivity index (χ4v) is 2.93. The van der Waals surface area contributed by atoms with Gasteiger partial charge in [0, 0.05) is 17.2 Å². The predicted molar refractivity (Wildman–Crippen MR) is 107 cm³/mol. The summed E-state index contributed by atoms with van der Waals surface area (Å²) in [6, 6.07) is 14.4. The lowest BCUT2D eigenvalue weighted by atomic mass is 10.1. The first-order valence-corrected chi connectivity index (χ1v) is 9.71. The van der Waals surface area contributed by atoms with Crippen LogP contribution in [-0.2, 0) is 19.2 Å². The van der Waals surface area contributed by atoms with E-state index in [1.165, 1.54) is 0 Å². The molecule has 2 aromatic rings. The van der Waals surface area contributed by atoms with Crippen molar-refractivity contribution in [1.82, 2.24) is 5.32 Å². The van der Waals surface area contributed by atoms with Crippen LogP contribution >= 0.6 is 0 Å². The van der Waals surface area contributed by atoms with Crippen molar-refractivity contribution in [2.75, 3.05) is 13.4 Å². The van der Waals surface area contributed by atoms with E-state index in [1.54, 1.807) is 43.3 Å². The van der Waals surface area contributed by atoms with Gasteiger partial charge in [0.15, 0.2) is 11.5 Å². The molecule has 1 aliphatic carbocycles. The molecule has 8 heteroatoms. The Kier molecular flexibility index (Phi) is 5.83. The van der Waals surface area contributed by atoms with Gasteiger partial charge in [0.25, 0.3) is 5.91 Å². The molecule has 30 heavy (non-hydrogen) atoms. The van der Waals surface area contributed by atoms with Gasteiger partial charge in [0.2, 0.25) is 19.5 Å². The molecular weight excluding hydrogens is 388 g/mol. The van der Waals surface area contributed by atoms with Crippen molar-refractivity contribution in [1.29, 1.82) is 0 Å². The first-order chi connectivity index (χ1) is 14.6. The second-order valence-electron chi connectivity index (χ2n) is 7.08. The zero-order valence-electron chi connectivity index (χ0n) is 16.5. The third-order valence-electron chi connectivity index (χ3n) is 4.69. The minimum absolute atomic E-state index is 0.160. The molecule has 2 aromatic carbocycles. The maximum atomic E-state index is 12.5. The van der Waals surface area contributed by atoms with Crippen LogP contribution in [0.25, 0.3) is 0 Å². The van der Waals surface area contributed by atoms with Crippen LogP contribution in [-0.4, -0.2) is 37.0 Å². The molecule has 2 aliphatic rings. The number of nitrogens with zero attached hydrogens (tertiary/aromatic N) is 1. The van der Waals surface area contributed by atoms with Gasteiger partial charge in [-0.1, -0.05) is 35.5 Å². The Hall–Kier alpha value is -3.55.